The van der Waals surface area contributed by atoms with Crippen LogP contribution in [0.2, 0.25) is 0 Å². The number of hydrogen-bond donors (Lipinski definition) is 0. The van der Waals surface area contributed by atoms with Gasteiger partial charge in [0, 0.05) is 18.0 Å². The average Bonchev–Trinajstić information content (AvgIpc) is 2.64. The molecule has 1 aromatic carbocycles. The van der Waals surface area contributed by atoms with Gasteiger partial charge in [-0.3, -0.25) is 4.79 Å². The van der Waals surface area contributed by atoms with Gasteiger partial charge in [-0.15, -0.1) is 0 Å². The van der Waals surface area contributed by atoms with E-state index < -0.39 is 0 Å². The summed E-state index contributed by atoms with van der Waals surface area (Å²) in [5.74, 6) is 0.167. The molecular weight excluding hydrogens is 240 g/mol. The van der Waals surface area contributed by atoms with Gasteiger partial charge in [-0.1, -0.05) is 41.9 Å². The van der Waals surface area contributed by atoms with Gasteiger partial charge in [0.2, 0.25) is 5.91 Å². The predicted molar refractivity (Wildman–Crippen MR) is 71.1 cm³/mol. The minimum atomic E-state index is -0.388. The third kappa shape index (κ3) is 1.87. The summed E-state index contributed by atoms with van der Waals surface area (Å²) in [6.45, 7) is 1.16. The Hall–Kier alpha value is -2.00. The van der Waals surface area contributed by atoms with Crippen LogP contribution >= 0.6 is 0 Å². The van der Waals surface area contributed by atoms with E-state index >= 15 is 0 Å². The second kappa shape index (κ2) is 4.59. The molecule has 2 fully saturated rings. The van der Waals surface area contributed by atoms with E-state index in [1.165, 1.54) is 0 Å². The SMILES string of the molecule is [N-]=[N+]=N[C@@H]1CN(Cc2ccccc2)C(=O)C12CCC2. The first-order valence-electron chi connectivity index (χ1n) is 6.64. The number of amides is 1. The maximum absolute atomic E-state index is 12.5. The Morgan fingerprint density at radius 2 is 2.11 bits per heavy atom. The lowest BCUT2D eigenvalue weighted by atomic mass is 9.65. The molecule has 2 aliphatic rings. The number of azide groups is 1. The van der Waals surface area contributed by atoms with Crippen molar-refractivity contribution in [3.05, 3.63) is 46.3 Å². The standard InChI is InChI=1S/C14H16N4O/c15-17-16-12-10-18(9-11-5-2-1-3-6-11)13(19)14(12)7-4-8-14/h1-3,5-6,12H,4,7-10H2/t12-/m1/s1. The summed E-state index contributed by atoms with van der Waals surface area (Å²) < 4.78 is 0. The monoisotopic (exact) mass is 256 g/mol. The summed E-state index contributed by atoms with van der Waals surface area (Å²) in [5, 5.41) is 3.86. The highest BCUT2D eigenvalue weighted by molar-refractivity contribution is 5.87. The normalized spacial score (nSPS) is 24.1. The van der Waals surface area contributed by atoms with Crippen molar-refractivity contribution in [1.82, 2.24) is 4.90 Å². The van der Waals surface area contributed by atoms with Crippen molar-refractivity contribution in [1.29, 1.82) is 0 Å². The van der Waals surface area contributed by atoms with Gasteiger partial charge in [0.05, 0.1) is 11.5 Å². The minimum Gasteiger partial charge on any atom is -0.337 e. The number of nitrogens with zero attached hydrogens (tertiary/aromatic N) is 4. The van der Waals surface area contributed by atoms with Crippen LogP contribution in [0.25, 0.3) is 10.4 Å². The molecular formula is C14H16N4O. The molecule has 5 heteroatoms. The smallest absolute Gasteiger partial charge is 0.229 e. The molecule has 5 nitrogen and oxygen atoms in total. The third-order valence-electron chi connectivity index (χ3n) is 4.40. The van der Waals surface area contributed by atoms with Crippen molar-refractivity contribution in [3.63, 3.8) is 0 Å². The highest BCUT2D eigenvalue weighted by atomic mass is 16.2. The van der Waals surface area contributed by atoms with Crippen LogP contribution in [0.4, 0.5) is 0 Å². The second-order valence-electron chi connectivity index (χ2n) is 5.40. The van der Waals surface area contributed by atoms with Crippen molar-refractivity contribution >= 4 is 5.91 Å². The molecule has 1 atom stereocenters. The van der Waals surface area contributed by atoms with E-state index in [2.05, 4.69) is 10.0 Å². The molecule has 1 heterocycles. The van der Waals surface area contributed by atoms with Gasteiger partial charge in [-0.2, -0.15) is 0 Å². The quantitative estimate of drug-likeness (QED) is 0.465. The average molecular weight is 256 g/mol. The predicted octanol–water partition coefficient (Wildman–Crippen LogP) is 2.88. The van der Waals surface area contributed by atoms with E-state index in [0.29, 0.717) is 13.1 Å². The Labute approximate surface area is 111 Å². The number of hydrogen-bond acceptors (Lipinski definition) is 2. The van der Waals surface area contributed by atoms with Crippen LogP contribution in [0.5, 0.6) is 0 Å². The van der Waals surface area contributed by atoms with E-state index in [1.807, 2.05) is 35.2 Å². The molecule has 19 heavy (non-hydrogen) atoms. The maximum atomic E-state index is 12.5. The van der Waals surface area contributed by atoms with E-state index in [0.717, 1.165) is 24.8 Å². The Balaban J connectivity index is 1.81. The molecule has 1 aromatic rings. The zero-order valence-corrected chi connectivity index (χ0v) is 10.7. The zero-order chi connectivity index (χ0) is 13.3. The molecule has 0 aromatic heterocycles. The van der Waals surface area contributed by atoms with E-state index in [-0.39, 0.29) is 17.4 Å². The fraction of sp³-hybridized carbons (Fsp3) is 0.500. The summed E-state index contributed by atoms with van der Waals surface area (Å²) >= 11 is 0. The fourth-order valence-corrected chi connectivity index (χ4v) is 3.18. The van der Waals surface area contributed by atoms with Crippen LogP contribution in [0.3, 0.4) is 0 Å². The first-order chi connectivity index (χ1) is 9.26. The summed E-state index contributed by atoms with van der Waals surface area (Å²) in [6.07, 6.45) is 2.78. The van der Waals surface area contributed by atoms with Crippen molar-refractivity contribution in [3.8, 4) is 0 Å². The van der Waals surface area contributed by atoms with Crippen LogP contribution in [0.1, 0.15) is 24.8 Å². The minimum absolute atomic E-state index is 0.167. The number of rotatable bonds is 3. The summed E-state index contributed by atoms with van der Waals surface area (Å²) in [4.78, 5) is 17.3. The summed E-state index contributed by atoms with van der Waals surface area (Å²) in [6, 6.07) is 9.75. The molecule has 0 unspecified atom stereocenters. The van der Waals surface area contributed by atoms with Crippen LogP contribution in [-0.4, -0.2) is 23.4 Å². The first kappa shape index (κ1) is 12.1. The van der Waals surface area contributed by atoms with Gasteiger partial charge < -0.3 is 4.90 Å². The van der Waals surface area contributed by atoms with Gasteiger partial charge in [-0.05, 0) is 23.9 Å². The molecule has 0 radical (unpaired) electrons. The van der Waals surface area contributed by atoms with Gasteiger partial charge in [0.25, 0.3) is 0 Å². The van der Waals surface area contributed by atoms with Crippen LogP contribution in [0.15, 0.2) is 35.4 Å². The lowest BCUT2D eigenvalue weighted by Gasteiger charge is -2.38. The molecule has 1 spiro atoms. The highest BCUT2D eigenvalue weighted by Gasteiger charge is 2.56. The van der Waals surface area contributed by atoms with Crippen molar-refractivity contribution in [2.45, 2.75) is 31.8 Å². The maximum Gasteiger partial charge on any atom is 0.229 e. The first-order valence-corrected chi connectivity index (χ1v) is 6.64. The number of likely N-dealkylation sites (tertiary alicyclic amines) is 1. The molecule has 1 saturated heterocycles. The molecule has 1 saturated carbocycles. The van der Waals surface area contributed by atoms with Gasteiger partial charge in [-0.25, -0.2) is 0 Å². The lowest BCUT2D eigenvalue weighted by Crippen LogP contribution is -2.43. The zero-order valence-electron chi connectivity index (χ0n) is 10.7. The topological polar surface area (TPSA) is 69.1 Å². The van der Waals surface area contributed by atoms with Gasteiger partial charge >= 0.3 is 0 Å². The van der Waals surface area contributed by atoms with E-state index in [4.69, 9.17) is 5.53 Å². The lowest BCUT2D eigenvalue weighted by molar-refractivity contribution is -0.140. The van der Waals surface area contributed by atoms with Crippen molar-refractivity contribution in [2.24, 2.45) is 10.5 Å². The fourth-order valence-electron chi connectivity index (χ4n) is 3.18. The molecule has 1 aliphatic heterocycles. The number of carbonyl (C=O) groups excluding carboxylic acids is 1. The Kier molecular flexibility index (Phi) is 2.91. The summed E-state index contributed by atoms with van der Waals surface area (Å²) in [7, 11) is 0. The second-order valence-corrected chi connectivity index (χ2v) is 5.40. The Morgan fingerprint density at radius 3 is 2.68 bits per heavy atom. The number of carbonyl (C=O) groups is 1. The Morgan fingerprint density at radius 1 is 1.37 bits per heavy atom. The Bertz CT molecular complexity index is 532. The number of benzene rings is 1. The molecule has 98 valence electrons. The molecule has 0 bridgehead atoms. The van der Waals surface area contributed by atoms with E-state index in [1.54, 1.807) is 0 Å². The van der Waals surface area contributed by atoms with Crippen molar-refractivity contribution in [2.75, 3.05) is 6.54 Å². The molecule has 1 amide bonds. The van der Waals surface area contributed by atoms with Crippen LogP contribution in [0, 0.1) is 5.41 Å². The van der Waals surface area contributed by atoms with Crippen LogP contribution in [-0.2, 0) is 11.3 Å². The van der Waals surface area contributed by atoms with Gasteiger partial charge in [0.15, 0.2) is 0 Å². The molecule has 0 N–H and O–H groups in total. The molecule has 3 rings (SSSR count). The third-order valence-corrected chi connectivity index (χ3v) is 4.40. The van der Waals surface area contributed by atoms with E-state index in [9.17, 15) is 4.79 Å². The summed E-state index contributed by atoms with van der Waals surface area (Å²) in [5.41, 5.74) is 9.40. The van der Waals surface area contributed by atoms with Gasteiger partial charge in [0.1, 0.15) is 0 Å². The largest absolute Gasteiger partial charge is 0.337 e. The van der Waals surface area contributed by atoms with Crippen molar-refractivity contribution < 1.29 is 4.79 Å². The molecule has 1 aliphatic carbocycles. The highest BCUT2D eigenvalue weighted by Crippen LogP contribution is 2.50. The van der Waals surface area contributed by atoms with Crippen LogP contribution < -0.4 is 0 Å².